The van der Waals surface area contributed by atoms with Crippen molar-refractivity contribution in [3.8, 4) is 0 Å². The largest absolute Gasteiger partial charge is 0.392 e. The summed E-state index contributed by atoms with van der Waals surface area (Å²) in [5.41, 5.74) is 1.48. The fourth-order valence-electron chi connectivity index (χ4n) is 4.22. The normalized spacial score (nSPS) is 23.5. The van der Waals surface area contributed by atoms with E-state index in [1.807, 2.05) is 6.92 Å². The Morgan fingerprint density at radius 1 is 1.17 bits per heavy atom. The first-order valence-corrected chi connectivity index (χ1v) is 13.5. The van der Waals surface area contributed by atoms with Gasteiger partial charge in [0.25, 0.3) is 0 Å². The molecule has 0 radical (unpaired) electrons. The van der Waals surface area contributed by atoms with Crippen molar-refractivity contribution in [2.45, 2.75) is 50.4 Å². The van der Waals surface area contributed by atoms with Crippen molar-refractivity contribution >= 4 is 33.7 Å². The van der Waals surface area contributed by atoms with Gasteiger partial charge in [0, 0.05) is 36.7 Å². The highest BCUT2D eigenvalue weighted by Gasteiger charge is 2.52. The van der Waals surface area contributed by atoms with Crippen LogP contribution in [0, 0.1) is 5.92 Å². The zero-order chi connectivity index (χ0) is 25.0. The van der Waals surface area contributed by atoms with Crippen LogP contribution in [0.2, 0.25) is 0 Å². The van der Waals surface area contributed by atoms with Crippen LogP contribution in [0.15, 0.2) is 41.2 Å². The van der Waals surface area contributed by atoms with E-state index in [0.717, 1.165) is 29.5 Å². The highest BCUT2D eigenvalue weighted by molar-refractivity contribution is 8.18. The molecule has 2 aromatic heterocycles. The van der Waals surface area contributed by atoms with Crippen LogP contribution < -0.4 is 4.72 Å². The number of carbonyl (C=O) groups excluding carboxylic acids is 2. The lowest BCUT2D eigenvalue weighted by Gasteiger charge is -2.41. The number of carbonyl (C=O) groups is 2. The zero-order valence-corrected chi connectivity index (χ0v) is 20.9. The third-order valence-electron chi connectivity index (χ3n) is 6.33. The molecule has 11 nitrogen and oxygen atoms in total. The Morgan fingerprint density at radius 2 is 1.91 bits per heavy atom. The van der Waals surface area contributed by atoms with Crippen LogP contribution in [0.1, 0.15) is 36.5 Å². The number of amides is 3. The van der Waals surface area contributed by atoms with E-state index in [0.29, 0.717) is 16.7 Å². The lowest BCUT2D eigenvalue weighted by Crippen LogP contribution is -2.58. The lowest BCUT2D eigenvalue weighted by molar-refractivity contribution is -0.135. The molecule has 186 valence electrons. The summed E-state index contributed by atoms with van der Waals surface area (Å²) in [6, 6.07) is 1.22. The summed E-state index contributed by atoms with van der Waals surface area (Å²) in [7, 11) is -2.08. The molecule has 2 aromatic rings. The molecule has 0 bridgehead atoms. The summed E-state index contributed by atoms with van der Waals surface area (Å²) in [4.78, 5) is 33.8. The van der Waals surface area contributed by atoms with Crippen LogP contribution in [-0.2, 0) is 41.6 Å². The average molecular weight is 519 g/mol. The number of pyridine rings is 1. The van der Waals surface area contributed by atoms with Gasteiger partial charge in [-0.25, -0.2) is 17.9 Å². The quantitative estimate of drug-likeness (QED) is 0.533. The first kappa shape index (κ1) is 24.0. The van der Waals surface area contributed by atoms with Gasteiger partial charge in [-0.05, 0) is 43.0 Å². The topological polar surface area (TPSA) is 138 Å². The minimum absolute atomic E-state index is 0.0249. The number of sulfonamides is 1. The van der Waals surface area contributed by atoms with Gasteiger partial charge in [0.15, 0.2) is 0 Å². The molecule has 3 aliphatic rings. The Bertz CT molecular complexity index is 1320. The summed E-state index contributed by atoms with van der Waals surface area (Å²) >= 11 is 1.01. The van der Waals surface area contributed by atoms with Crippen LogP contribution >= 0.6 is 11.8 Å². The second-order valence-electron chi connectivity index (χ2n) is 9.40. The van der Waals surface area contributed by atoms with E-state index in [1.54, 1.807) is 36.4 Å². The van der Waals surface area contributed by atoms with E-state index in [4.69, 9.17) is 0 Å². The monoisotopic (exact) mass is 518 g/mol. The maximum atomic E-state index is 13.6. The van der Waals surface area contributed by atoms with Gasteiger partial charge in [0.05, 0.1) is 31.8 Å². The zero-order valence-electron chi connectivity index (χ0n) is 19.3. The van der Waals surface area contributed by atoms with Crippen molar-refractivity contribution in [2.75, 3.05) is 0 Å². The van der Waals surface area contributed by atoms with E-state index in [-0.39, 0.29) is 23.9 Å². The molecule has 13 heteroatoms. The van der Waals surface area contributed by atoms with Gasteiger partial charge in [-0.2, -0.15) is 5.10 Å². The minimum Gasteiger partial charge on any atom is -0.392 e. The Morgan fingerprint density at radius 3 is 2.57 bits per heavy atom. The van der Waals surface area contributed by atoms with Gasteiger partial charge in [-0.15, -0.1) is 0 Å². The predicted molar refractivity (Wildman–Crippen MR) is 128 cm³/mol. The molecule has 0 aromatic carbocycles. The number of thioether (sulfide) groups is 1. The number of nitrogens with one attached hydrogen (secondary N) is 1. The SMILES string of the molecule is Cn1cc(CN2C(=O)C3C=C(S(=O)(=O)NC4(C)CC4)SC3N(Cc3cncc(CO)c3)C2=O)cn1. The van der Waals surface area contributed by atoms with E-state index in [2.05, 4.69) is 14.8 Å². The Labute approximate surface area is 207 Å². The Balaban J connectivity index is 1.47. The number of hydrogen-bond acceptors (Lipinski definition) is 8. The predicted octanol–water partition coefficient (Wildman–Crippen LogP) is 1.27. The van der Waals surface area contributed by atoms with E-state index in [1.165, 1.54) is 17.2 Å². The molecule has 3 amide bonds. The summed E-state index contributed by atoms with van der Waals surface area (Å²) in [5.74, 6) is -1.26. The van der Waals surface area contributed by atoms with Crippen molar-refractivity contribution in [2.24, 2.45) is 13.0 Å². The number of aliphatic hydroxyl groups excluding tert-OH is 1. The molecule has 2 fully saturated rings. The minimum atomic E-state index is -3.83. The average Bonchev–Trinajstić information content (AvgIpc) is 3.19. The number of nitrogens with zero attached hydrogens (tertiary/aromatic N) is 5. The van der Waals surface area contributed by atoms with Crippen LogP contribution in [0.25, 0.3) is 0 Å². The number of imide groups is 1. The highest BCUT2D eigenvalue weighted by Crippen LogP contribution is 2.46. The molecule has 1 saturated carbocycles. The number of hydrogen-bond donors (Lipinski definition) is 2. The summed E-state index contributed by atoms with van der Waals surface area (Å²) in [5, 5.41) is 12.9. The van der Waals surface area contributed by atoms with Crippen LogP contribution in [0.5, 0.6) is 0 Å². The van der Waals surface area contributed by atoms with Crippen molar-refractivity contribution in [3.63, 3.8) is 0 Å². The van der Waals surface area contributed by atoms with Crippen LogP contribution in [0.4, 0.5) is 4.79 Å². The standard InChI is InChI=1S/C22H26N6O5S2/c1-22(3-4-22)25-35(32,33)18-6-17-19(30)27(12-16-9-24-26(2)10-16)21(31)28(20(17)34-18)11-14-5-15(13-29)8-23-7-14/h5-10,17,20,25,29H,3-4,11-13H2,1-2H3. The molecule has 1 aliphatic carbocycles. The van der Waals surface area contributed by atoms with Crippen LogP contribution in [-0.4, -0.2) is 60.9 Å². The summed E-state index contributed by atoms with van der Waals surface area (Å²) in [6.07, 6.45) is 9.40. The van der Waals surface area contributed by atoms with Crippen molar-refractivity contribution < 1.29 is 23.1 Å². The summed E-state index contributed by atoms with van der Waals surface area (Å²) < 4.78 is 30.5. The first-order valence-electron chi connectivity index (χ1n) is 11.1. The number of aliphatic hydroxyl groups is 1. The maximum absolute atomic E-state index is 13.6. The molecule has 2 N–H and O–H groups in total. The second kappa shape index (κ2) is 8.73. The number of fused-ring (bicyclic) bond motifs is 1. The van der Waals surface area contributed by atoms with Gasteiger partial charge >= 0.3 is 6.03 Å². The number of urea groups is 1. The summed E-state index contributed by atoms with van der Waals surface area (Å²) in [6.45, 7) is 1.78. The van der Waals surface area contributed by atoms with Crippen molar-refractivity contribution in [1.82, 2.24) is 29.3 Å². The number of aryl methyl sites for hydroxylation is 1. The molecule has 1 saturated heterocycles. The molecular weight excluding hydrogens is 492 g/mol. The number of aromatic nitrogens is 3. The van der Waals surface area contributed by atoms with E-state index >= 15 is 0 Å². The van der Waals surface area contributed by atoms with Gasteiger partial charge in [0.1, 0.15) is 9.61 Å². The van der Waals surface area contributed by atoms with Gasteiger partial charge in [-0.3, -0.25) is 19.4 Å². The smallest absolute Gasteiger partial charge is 0.328 e. The van der Waals surface area contributed by atoms with E-state index < -0.39 is 38.8 Å². The molecule has 4 heterocycles. The molecule has 5 rings (SSSR count). The molecule has 2 aliphatic heterocycles. The molecular formula is C22H26N6O5S2. The maximum Gasteiger partial charge on any atom is 0.328 e. The third kappa shape index (κ3) is 4.73. The van der Waals surface area contributed by atoms with Crippen molar-refractivity contribution in [3.05, 3.63) is 57.9 Å². The van der Waals surface area contributed by atoms with Gasteiger partial charge in [-0.1, -0.05) is 11.8 Å². The molecule has 35 heavy (non-hydrogen) atoms. The Kier molecular flexibility index (Phi) is 5.98. The van der Waals surface area contributed by atoms with Crippen LogP contribution in [0.3, 0.4) is 0 Å². The second-order valence-corrected chi connectivity index (χ2v) is 12.5. The molecule has 2 atom stereocenters. The van der Waals surface area contributed by atoms with E-state index in [9.17, 15) is 23.1 Å². The fraction of sp³-hybridized carbons (Fsp3) is 0.455. The number of rotatable bonds is 8. The van der Waals surface area contributed by atoms with Gasteiger partial charge in [0.2, 0.25) is 15.9 Å². The fourth-order valence-corrected chi connectivity index (χ4v) is 7.52. The van der Waals surface area contributed by atoms with Gasteiger partial charge < -0.3 is 10.0 Å². The van der Waals surface area contributed by atoms with Crippen molar-refractivity contribution in [1.29, 1.82) is 0 Å². The molecule has 2 unspecified atom stereocenters. The molecule has 0 spiro atoms. The lowest BCUT2D eigenvalue weighted by atomic mass is 10.0. The first-order chi connectivity index (χ1) is 16.6. The highest BCUT2D eigenvalue weighted by atomic mass is 32.3. The Hall–Kier alpha value is -2.74. The third-order valence-corrected chi connectivity index (χ3v) is 9.86.